The van der Waals surface area contributed by atoms with E-state index in [0.717, 1.165) is 51.9 Å². The Hall–Kier alpha value is -1.81. The van der Waals surface area contributed by atoms with E-state index in [1.807, 2.05) is 4.90 Å². The van der Waals surface area contributed by atoms with Gasteiger partial charge in [0.15, 0.2) is 0 Å². The van der Waals surface area contributed by atoms with E-state index in [2.05, 4.69) is 10.2 Å². The van der Waals surface area contributed by atoms with Gasteiger partial charge in [-0.15, -0.1) is 0 Å². The number of hydrogen-bond acceptors (Lipinski definition) is 7. The Kier molecular flexibility index (Phi) is 8.21. The summed E-state index contributed by atoms with van der Waals surface area (Å²) in [5.74, 6) is -1.64. The fourth-order valence-corrected chi connectivity index (χ4v) is 5.39. The molecule has 3 fully saturated rings. The maximum atomic E-state index is 14.7. The first-order valence-corrected chi connectivity index (χ1v) is 11.5. The molecule has 0 aromatic carbocycles. The lowest BCUT2D eigenvalue weighted by atomic mass is 9.80. The predicted octanol–water partition coefficient (Wildman–Crippen LogP) is 1.38. The molecule has 1 amide bonds. The largest absolute Gasteiger partial charge is 0.466 e. The predicted molar refractivity (Wildman–Crippen MR) is 112 cm³/mol. The summed E-state index contributed by atoms with van der Waals surface area (Å²) in [6.07, 6.45) is 2.23. The molecule has 176 valence electrons. The molecule has 2 aliphatic carbocycles. The highest BCUT2D eigenvalue weighted by Crippen LogP contribution is 2.32. The van der Waals surface area contributed by atoms with Crippen LogP contribution in [0.5, 0.6) is 0 Å². The number of ether oxygens (including phenoxy) is 1. The molecule has 6 atom stereocenters. The second kappa shape index (κ2) is 10.7. The van der Waals surface area contributed by atoms with Gasteiger partial charge in [0.05, 0.1) is 18.6 Å². The topological polar surface area (TPSA) is 105 Å². The highest BCUT2D eigenvalue weighted by atomic mass is 19.1. The van der Waals surface area contributed by atoms with Crippen LogP contribution in [0.15, 0.2) is 0 Å². The maximum absolute atomic E-state index is 14.7. The van der Waals surface area contributed by atoms with Crippen LogP contribution < -0.4 is 5.32 Å². The van der Waals surface area contributed by atoms with E-state index in [1.54, 1.807) is 13.8 Å². The van der Waals surface area contributed by atoms with Crippen LogP contribution in [0.2, 0.25) is 0 Å². The summed E-state index contributed by atoms with van der Waals surface area (Å²) in [6, 6.07) is -1.13. The molecule has 1 N–H and O–H groups in total. The highest BCUT2D eigenvalue weighted by molar-refractivity contribution is 5.73. The third-order valence-corrected chi connectivity index (χ3v) is 7.11. The number of rotatable bonds is 6. The lowest BCUT2D eigenvalue weighted by molar-refractivity contribution is -0.532. The zero-order valence-electron chi connectivity index (χ0n) is 18.5. The van der Waals surface area contributed by atoms with Crippen LogP contribution in [-0.2, 0) is 14.3 Å². The average molecular weight is 443 g/mol. The van der Waals surface area contributed by atoms with E-state index in [-0.39, 0.29) is 36.3 Å². The van der Waals surface area contributed by atoms with Crippen molar-refractivity contribution in [3.05, 3.63) is 10.1 Å². The van der Waals surface area contributed by atoms with Crippen molar-refractivity contribution in [3.63, 3.8) is 0 Å². The summed E-state index contributed by atoms with van der Waals surface area (Å²) in [4.78, 5) is 39.2. The van der Waals surface area contributed by atoms with Crippen LogP contribution in [-0.4, -0.2) is 89.7 Å². The Morgan fingerprint density at radius 3 is 2.48 bits per heavy atom. The molecule has 1 aliphatic heterocycles. The molecule has 3 aliphatic rings. The molecule has 1 saturated heterocycles. The van der Waals surface area contributed by atoms with Crippen molar-refractivity contribution in [2.75, 3.05) is 32.8 Å². The Morgan fingerprint density at radius 2 is 1.87 bits per heavy atom. The number of nitrogens with one attached hydrogen (secondary N) is 1. The molecule has 31 heavy (non-hydrogen) atoms. The third-order valence-electron chi connectivity index (χ3n) is 7.11. The average Bonchev–Trinajstić information content (AvgIpc) is 2.74. The molecule has 0 spiro atoms. The van der Waals surface area contributed by atoms with Crippen LogP contribution in [0.25, 0.3) is 0 Å². The van der Waals surface area contributed by atoms with Gasteiger partial charge in [-0.1, -0.05) is 6.42 Å². The van der Waals surface area contributed by atoms with Crippen molar-refractivity contribution in [2.24, 2.45) is 5.92 Å². The molecule has 10 heteroatoms. The third kappa shape index (κ3) is 5.91. The molecule has 0 bridgehead atoms. The quantitative estimate of drug-likeness (QED) is 0.376. The number of alkyl halides is 1. The fraction of sp³-hybridized carbons (Fsp3) is 0.905. The summed E-state index contributed by atoms with van der Waals surface area (Å²) >= 11 is 0. The lowest BCUT2D eigenvalue weighted by Crippen LogP contribution is -2.58. The van der Waals surface area contributed by atoms with E-state index >= 15 is 0 Å². The van der Waals surface area contributed by atoms with E-state index in [0.29, 0.717) is 6.04 Å². The minimum atomic E-state index is -1.44. The smallest absolute Gasteiger partial charge is 0.312 e. The number of piperazine rings is 1. The zero-order valence-corrected chi connectivity index (χ0v) is 18.5. The first kappa shape index (κ1) is 23.8. The standard InChI is InChI=1S/C21H35FN4O5/c1-3-31-21(28)17-12-20(26(29)30)19(13-18(17)22)23-15-5-4-6-16(11-15)25-9-7-24(8-10-25)14(2)27/h15-20,23H,3-13H2,1-2H3. The monoisotopic (exact) mass is 442 g/mol. The molecule has 2 saturated carbocycles. The molecular formula is C21H35FN4O5. The van der Waals surface area contributed by atoms with Crippen molar-refractivity contribution >= 4 is 11.9 Å². The normalized spacial score (nSPS) is 34.9. The molecule has 0 aromatic heterocycles. The fourth-order valence-electron chi connectivity index (χ4n) is 5.39. The Labute approximate surface area is 182 Å². The van der Waals surface area contributed by atoms with E-state index in [4.69, 9.17) is 4.74 Å². The van der Waals surface area contributed by atoms with Crippen molar-refractivity contribution < 1.29 is 23.6 Å². The van der Waals surface area contributed by atoms with Crippen LogP contribution in [0, 0.1) is 16.0 Å². The molecule has 0 radical (unpaired) electrons. The van der Waals surface area contributed by atoms with E-state index < -0.39 is 30.1 Å². The van der Waals surface area contributed by atoms with Crippen molar-refractivity contribution in [1.29, 1.82) is 0 Å². The molecule has 0 aromatic rings. The van der Waals surface area contributed by atoms with Gasteiger partial charge in [0.1, 0.15) is 6.17 Å². The number of amides is 1. The minimum absolute atomic E-state index is 0.0480. The Bertz CT molecular complexity index is 658. The Morgan fingerprint density at radius 1 is 1.16 bits per heavy atom. The second-order valence-electron chi connectivity index (χ2n) is 9.03. The lowest BCUT2D eigenvalue weighted by Gasteiger charge is -2.43. The summed E-state index contributed by atoms with van der Waals surface area (Å²) in [5, 5.41) is 15.1. The summed E-state index contributed by atoms with van der Waals surface area (Å²) in [5.41, 5.74) is 0. The SMILES string of the molecule is CCOC(=O)C1CC([N+](=O)[O-])C(NC2CCCC(N3CCN(C(C)=O)CC3)C2)CC1F. The minimum Gasteiger partial charge on any atom is -0.466 e. The van der Waals surface area contributed by atoms with Gasteiger partial charge in [-0.3, -0.25) is 24.6 Å². The zero-order chi connectivity index (χ0) is 22.5. The number of carbonyl (C=O) groups is 2. The van der Waals surface area contributed by atoms with Crippen LogP contribution >= 0.6 is 0 Å². The van der Waals surface area contributed by atoms with Gasteiger partial charge in [0.2, 0.25) is 11.9 Å². The van der Waals surface area contributed by atoms with Gasteiger partial charge in [-0.2, -0.15) is 0 Å². The van der Waals surface area contributed by atoms with Crippen LogP contribution in [0.4, 0.5) is 4.39 Å². The highest BCUT2D eigenvalue weighted by Gasteiger charge is 2.48. The number of nitro groups is 1. The van der Waals surface area contributed by atoms with Gasteiger partial charge in [0.25, 0.3) is 0 Å². The van der Waals surface area contributed by atoms with Gasteiger partial charge in [-0.05, 0) is 26.2 Å². The summed E-state index contributed by atoms with van der Waals surface area (Å²) in [7, 11) is 0. The van der Waals surface area contributed by atoms with E-state index in [1.165, 1.54) is 0 Å². The van der Waals surface area contributed by atoms with Gasteiger partial charge >= 0.3 is 5.97 Å². The molecule has 1 heterocycles. The second-order valence-corrected chi connectivity index (χ2v) is 9.03. The maximum Gasteiger partial charge on any atom is 0.312 e. The number of esters is 1. The number of hydrogen-bond donors (Lipinski definition) is 1. The van der Waals surface area contributed by atoms with Crippen molar-refractivity contribution in [1.82, 2.24) is 15.1 Å². The van der Waals surface area contributed by atoms with E-state index in [9.17, 15) is 24.1 Å². The number of nitrogens with zero attached hydrogens (tertiary/aromatic N) is 3. The van der Waals surface area contributed by atoms with Gasteiger partial charge in [0, 0.05) is 63.0 Å². The number of halogens is 1. The van der Waals surface area contributed by atoms with Gasteiger partial charge in [-0.25, -0.2) is 4.39 Å². The summed E-state index contributed by atoms with van der Waals surface area (Å²) < 4.78 is 19.6. The van der Waals surface area contributed by atoms with Crippen LogP contribution in [0.3, 0.4) is 0 Å². The Balaban J connectivity index is 1.57. The first-order valence-electron chi connectivity index (χ1n) is 11.5. The van der Waals surface area contributed by atoms with Crippen molar-refractivity contribution in [2.45, 2.75) is 82.7 Å². The van der Waals surface area contributed by atoms with Crippen LogP contribution in [0.1, 0.15) is 52.4 Å². The first-order chi connectivity index (χ1) is 14.8. The number of carbonyl (C=O) groups excluding carboxylic acids is 2. The van der Waals surface area contributed by atoms with Crippen molar-refractivity contribution in [3.8, 4) is 0 Å². The molecule has 6 unspecified atom stereocenters. The molecule has 9 nitrogen and oxygen atoms in total. The van der Waals surface area contributed by atoms with Gasteiger partial charge < -0.3 is 15.0 Å². The summed E-state index contributed by atoms with van der Waals surface area (Å²) in [6.45, 7) is 6.51. The molecular weight excluding hydrogens is 407 g/mol. The molecule has 3 rings (SSSR count).